The number of aromatic nitrogens is 2. The first kappa shape index (κ1) is 25.5. The van der Waals surface area contributed by atoms with Gasteiger partial charge in [-0.2, -0.15) is 5.26 Å². The fraction of sp³-hybridized carbons (Fsp3) is 0.333. The van der Waals surface area contributed by atoms with Crippen LogP contribution in [0.1, 0.15) is 51.1 Å². The van der Waals surface area contributed by atoms with Gasteiger partial charge in [0.25, 0.3) is 0 Å². The predicted molar refractivity (Wildman–Crippen MR) is 141 cm³/mol. The lowest BCUT2D eigenvalue weighted by Crippen LogP contribution is -2.52. The van der Waals surface area contributed by atoms with Crippen molar-refractivity contribution in [3.63, 3.8) is 0 Å². The Labute approximate surface area is 224 Å². The number of thioether (sulfide) groups is 1. The van der Waals surface area contributed by atoms with Crippen LogP contribution in [0.15, 0.2) is 35.5 Å². The molecule has 2 aliphatic rings. The molecule has 0 radical (unpaired) electrons. The molecule has 1 unspecified atom stereocenters. The summed E-state index contributed by atoms with van der Waals surface area (Å²) in [6, 6.07) is 11.0. The van der Waals surface area contributed by atoms with E-state index in [0.717, 1.165) is 22.6 Å². The Hall–Kier alpha value is -3.19. The van der Waals surface area contributed by atoms with Crippen LogP contribution in [0.4, 0.5) is 10.1 Å². The summed E-state index contributed by atoms with van der Waals surface area (Å²) in [6.45, 7) is 0.795. The summed E-state index contributed by atoms with van der Waals surface area (Å²) in [4.78, 5) is 24.1. The average Bonchev–Trinajstić information content (AvgIpc) is 2.90. The lowest BCUT2D eigenvalue weighted by molar-refractivity contribution is 0.0623. The summed E-state index contributed by atoms with van der Waals surface area (Å²) in [6.07, 6.45) is 2.90. The monoisotopic (exact) mass is 537 g/mol. The SMILES string of the molecule is COc1ccc(CNc2cc(F)c3c(c2C#N)C2(CCC3=O)Cc3nc(SC)nc(Cl)c3CN2C)cc1. The van der Waals surface area contributed by atoms with E-state index in [-0.39, 0.29) is 23.3 Å². The van der Waals surface area contributed by atoms with Crippen LogP contribution in [0.25, 0.3) is 0 Å². The Morgan fingerprint density at radius 3 is 2.76 bits per heavy atom. The first-order valence-corrected chi connectivity index (χ1v) is 13.4. The summed E-state index contributed by atoms with van der Waals surface area (Å²) in [5, 5.41) is 14.5. The highest BCUT2D eigenvalue weighted by Crippen LogP contribution is 2.49. The van der Waals surface area contributed by atoms with Gasteiger partial charge in [0.15, 0.2) is 10.9 Å². The van der Waals surface area contributed by atoms with Gasteiger partial charge in [0.1, 0.15) is 22.8 Å². The van der Waals surface area contributed by atoms with Gasteiger partial charge < -0.3 is 10.1 Å². The molecule has 1 aliphatic carbocycles. The zero-order chi connectivity index (χ0) is 26.3. The molecule has 0 fully saturated rings. The number of carbonyl (C=O) groups excluding carboxylic acids is 1. The molecule has 7 nitrogen and oxygen atoms in total. The van der Waals surface area contributed by atoms with Gasteiger partial charge in [-0.25, -0.2) is 14.4 Å². The second-order valence-electron chi connectivity index (χ2n) is 9.26. The number of likely N-dealkylation sites (N-methyl/N-ethyl adjacent to an activating group) is 1. The van der Waals surface area contributed by atoms with Crippen molar-refractivity contribution in [3.8, 4) is 11.8 Å². The van der Waals surface area contributed by atoms with E-state index in [1.54, 1.807) is 7.11 Å². The third-order valence-corrected chi connectivity index (χ3v) is 8.19. The van der Waals surface area contributed by atoms with E-state index in [2.05, 4.69) is 21.3 Å². The number of fused-ring (bicyclic) bond motifs is 3. The highest BCUT2D eigenvalue weighted by molar-refractivity contribution is 7.98. The molecule has 1 spiro atoms. The molecule has 3 aromatic rings. The predicted octanol–water partition coefficient (Wildman–Crippen LogP) is 5.34. The van der Waals surface area contributed by atoms with E-state index in [9.17, 15) is 10.1 Å². The van der Waals surface area contributed by atoms with Gasteiger partial charge in [-0.15, -0.1) is 0 Å². The van der Waals surface area contributed by atoms with Gasteiger partial charge in [0.05, 0.1) is 35.2 Å². The minimum Gasteiger partial charge on any atom is -0.497 e. The zero-order valence-electron chi connectivity index (χ0n) is 20.7. The van der Waals surface area contributed by atoms with Gasteiger partial charge in [0, 0.05) is 37.1 Å². The number of carbonyl (C=O) groups is 1. The largest absolute Gasteiger partial charge is 0.497 e. The molecule has 10 heteroatoms. The fourth-order valence-electron chi connectivity index (χ4n) is 5.39. The van der Waals surface area contributed by atoms with Crippen LogP contribution in [-0.2, 0) is 25.0 Å². The highest BCUT2D eigenvalue weighted by atomic mass is 35.5. The average molecular weight is 538 g/mol. The molecule has 190 valence electrons. The van der Waals surface area contributed by atoms with Crippen LogP contribution in [0.3, 0.4) is 0 Å². The molecule has 2 heterocycles. The molecule has 1 N–H and O–H groups in total. The van der Waals surface area contributed by atoms with E-state index >= 15 is 4.39 Å². The van der Waals surface area contributed by atoms with Crippen molar-refractivity contribution in [3.05, 3.63) is 74.8 Å². The first-order valence-electron chi connectivity index (χ1n) is 11.8. The van der Waals surface area contributed by atoms with Crippen molar-refractivity contribution in [2.75, 3.05) is 25.7 Å². The number of Topliss-reactive ketones (excluding diaryl/α,β-unsaturated/α-hetero) is 1. The Balaban J connectivity index is 1.62. The number of rotatable bonds is 5. The lowest BCUT2D eigenvalue weighted by Gasteiger charge is -2.49. The van der Waals surface area contributed by atoms with Crippen molar-refractivity contribution in [2.45, 2.75) is 43.0 Å². The van der Waals surface area contributed by atoms with Crippen LogP contribution in [0.5, 0.6) is 5.75 Å². The quantitative estimate of drug-likeness (QED) is 0.265. The first-order chi connectivity index (χ1) is 17.8. The third-order valence-electron chi connectivity index (χ3n) is 7.33. The van der Waals surface area contributed by atoms with Crippen LogP contribution < -0.4 is 10.1 Å². The number of benzene rings is 2. The van der Waals surface area contributed by atoms with Gasteiger partial charge in [-0.1, -0.05) is 35.5 Å². The molecule has 2 aromatic carbocycles. The number of nitriles is 1. The third kappa shape index (κ3) is 4.33. The van der Waals surface area contributed by atoms with Crippen LogP contribution in [0.2, 0.25) is 5.15 Å². The van der Waals surface area contributed by atoms with E-state index in [4.69, 9.17) is 21.3 Å². The van der Waals surface area contributed by atoms with Gasteiger partial charge in [0.2, 0.25) is 0 Å². The smallest absolute Gasteiger partial charge is 0.188 e. The molecule has 0 saturated heterocycles. The van der Waals surface area contributed by atoms with Crippen LogP contribution >= 0.6 is 23.4 Å². The zero-order valence-corrected chi connectivity index (χ0v) is 22.3. The molecule has 0 saturated carbocycles. The topological polar surface area (TPSA) is 91.1 Å². The molecular formula is C27H25ClFN5O2S. The van der Waals surface area contributed by atoms with Gasteiger partial charge in [-0.3, -0.25) is 9.69 Å². The van der Waals surface area contributed by atoms with E-state index < -0.39 is 11.4 Å². The van der Waals surface area contributed by atoms with Crippen LogP contribution in [-0.4, -0.2) is 41.1 Å². The Morgan fingerprint density at radius 1 is 1.32 bits per heavy atom. The number of hydrogen-bond donors (Lipinski definition) is 1. The lowest BCUT2D eigenvalue weighted by atomic mass is 9.68. The summed E-state index contributed by atoms with van der Waals surface area (Å²) >= 11 is 7.89. The molecule has 1 aliphatic heterocycles. The Morgan fingerprint density at radius 2 is 2.08 bits per heavy atom. The molecule has 0 amide bonds. The van der Waals surface area contributed by atoms with E-state index in [1.807, 2.05) is 37.6 Å². The normalized spacial score (nSPS) is 18.8. The highest BCUT2D eigenvalue weighted by Gasteiger charge is 2.49. The van der Waals surface area contributed by atoms with Crippen molar-refractivity contribution >= 4 is 34.8 Å². The minimum absolute atomic E-state index is 0.00154. The van der Waals surface area contributed by atoms with E-state index in [1.165, 1.54) is 17.8 Å². The van der Waals surface area contributed by atoms with Crippen molar-refractivity contribution in [1.82, 2.24) is 14.9 Å². The maximum absolute atomic E-state index is 15.6. The fourth-order valence-corrected chi connectivity index (χ4v) is 6.07. The number of hydrogen-bond acceptors (Lipinski definition) is 8. The van der Waals surface area contributed by atoms with Gasteiger partial charge in [-0.05, 0) is 43.5 Å². The second-order valence-corrected chi connectivity index (χ2v) is 10.4. The summed E-state index contributed by atoms with van der Waals surface area (Å²) in [5.41, 5.74) is 2.80. The van der Waals surface area contributed by atoms with E-state index in [0.29, 0.717) is 47.5 Å². The number of ether oxygens (including phenoxy) is 1. The molecule has 0 bridgehead atoms. The number of nitrogens with one attached hydrogen (secondary N) is 1. The Bertz CT molecular complexity index is 1440. The minimum atomic E-state index is -0.784. The number of ketones is 1. The molecule has 37 heavy (non-hydrogen) atoms. The number of methoxy groups -OCH3 is 1. The summed E-state index contributed by atoms with van der Waals surface area (Å²) in [7, 11) is 3.51. The maximum Gasteiger partial charge on any atom is 0.188 e. The number of anilines is 1. The van der Waals surface area contributed by atoms with Crippen molar-refractivity contribution in [1.29, 1.82) is 5.26 Å². The number of halogens is 2. The molecular weight excluding hydrogens is 513 g/mol. The van der Waals surface area contributed by atoms with Crippen molar-refractivity contribution < 1.29 is 13.9 Å². The molecule has 5 rings (SSSR count). The summed E-state index contributed by atoms with van der Waals surface area (Å²) in [5.74, 6) is -0.183. The summed E-state index contributed by atoms with van der Waals surface area (Å²) < 4.78 is 20.8. The number of nitrogens with zero attached hydrogens (tertiary/aromatic N) is 4. The second kappa shape index (κ2) is 9.93. The van der Waals surface area contributed by atoms with Gasteiger partial charge >= 0.3 is 0 Å². The maximum atomic E-state index is 15.6. The Kier molecular flexibility index (Phi) is 6.84. The van der Waals surface area contributed by atoms with Crippen molar-refractivity contribution in [2.24, 2.45) is 0 Å². The molecule has 1 atom stereocenters. The van der Waals surface area contributed by atoms with Crippen LogP contribution in [0, 0.1) is 17.1 Å². The molecule has 1 aromatic heterocycles. The standard InChI is InChI=1S/C27H25ClFN5O2S/c1-34-14-18-21(32-26(37-3)33-25(18)28)11-27(34)9-8-22(35)23-19(29)10-20(17(12-30)24(23)27)31-13-15-4-6-16(36-2)7-5-15/h4-7,10,31H,8-9,11,13-14H2,1-3H3.